The van der Waals surface area contributed by atoms with E-state index in [1.807, 2.05) is 17.7 Å². The van der Waals surface area contributed by atoms with Gasteiger partial charge in [0.15, 0.2) is 0 Å². The van der Waals surface area contributed by atoms with Crippen molar-refractivity contribution in [3.63, 3.8) is 0 Å². The molecule has 1 N–H and O–H groups in total. The van der Waals surface area contributed by atoms with Gasteiger partial charge in [-0.05, 0) is 26.3 Å². The first-order valence-electron chi connectivity index (χ1n) is 5.37. The molecule has 1 aromatic heterocycles. The van der Waals surface area contributed by atoms with Crippen LogP contribution in [0.4, 0.5) is 0 Å². The summed E-state index contributed by atoms with van der Waals surface area (Å²) in [7, 11) is 1.65. The summed E-state index contributed by atoms with van der Waals surface area (Å²) >= 11 is 0. The van der Waals surface area contributed by atoms with E-state index in [2.05, 4.69) is 12.0 Å². The zero-order valence-corrected chi connectivity index (χ0v) is 9.73. The molecular formula is C11H20N2O2. The van der Waals surface area contributed by atoms with Crippen LogP contribution in [0.25, 0.3) is 0 Å². The van der Waals surface area contributed by atoms with E-state index < -0.39 is 0 Å². The van der Waals surface area contributed by atoms with E-state index in [0.29, 0.717) is 19.4 Å². The summed E-state index contributed by atoms with van der Waals surface area (Å²) in [6.45, 7) is 5.47. The first-order valence-corrected chi connectivity index (χ1v) is 5.37. The zero-order valence-electron chi connectivity index (χ0n) is 9.73. The van der Waals surface area contributed by atoms with Gasteiger partial charge in [-0.15, -0.1) is 0 Å². The Balaban J connectivity index is 2.54. The first kappa shape index (κ1) is 12.2. The van der Waals surface area contributed by atoms with Gasteiger partial charge in [0.05, 0.1) is 11.8 Å². The maximum absolute atomic E-state index is 9.74. The molecule has 4 heteroatoms. The molecule has 1 heterocycles. The molecule has 0 spiro atoms. The Morgan fingerprint density at radius 2 is 2.33 bits per heavy atom. The zero-order chi connectivity index (χ0) is 11.3. The maximum Gasteiger partial charge on any atom is 0.0617 e. The van der Waals surface area contributed by atoms with E-state index in [1.54, 1.807) is 7.11 Å². The van der Waals surface area contributed by atoms with E-state index in [-0.39, 0.29) is 6.10 Å². The lowest BCUT2D eigenvalue weighted by atomic mass is 10.1. The highest BCUT2D eigenvalue weighted by Gasteiger charge is 2.10. The molecule has 0 aromatic carbocycles. The number of aromatic nitrogens is 2. The summed E-state index contributed by atoms with van der Waals surface area (Å²) in [6, 6.07) is 2.03. The van der Waals surface area contributed by atoms with Crippen molar-refractivity contribution >= 4 is 0 Å². The molecule has 4 nitrogen and oxygen atoms in total. The molecule has 0 aliphatic carbocycles. The summed E-state index contributed by atoms with van der Waals surface area (Å²) in [5.41, 5.74) is 2.10. The lowest BCUT2D eigenvalue weighted by Crippen LogP contribution is -2.16. The summed E-state index contributed by atoms with van der Waals surface area (Å²) in [6.07, 6.45) is 0.981. The highest BCUT2D eigenvalue weighted by molar-refractivity contribution is 5.09. The van der Waals surface area contributed by atoms with Crippen LogP contribution in [-0.4, -0.2) is 34.7 Å². The molecule has 0 bridgehead atoms. The van der Waals surface area contributed by atoms with Crippen LogP contribution in [0.5, 0.6) is 0 Å². The molecule has 0 amide bonds. The van der Waals surface area contributed by atoms with Crippen LogP contribution in [0.2, 0.25) is 0 Å². The third-order valence-corrected chi connectivity index (χ3v) is 2.38. The van der Waals surface area contributed by atoms with Crippen LogP contribution >= 0.6 is 0 Å². The Kier molecular flexibility index (Phi) is 4.78. The van der Waals surface area contributed by atoms with Gasteiger partial charge in [-0.1, -0.05) is 0 Å². The average molecular weight is 212 g/mol. The van der Waals surface area contributed by atoms with Gasteiger partial charge in [0.2, 0.25) is 0 Å². The molecular weight excluding hydrogens is 192 g/mol. The Bertz CT molecular complexity index is 297. The quantitative estimate of drug-likeness (QED) is 0.769. The number of nitrogens with zero attached hydrogens (tertiary/aromatic N) is 2. The van der Waals surface area contributed by atoms with Crippen molar-refractivity contribution < 1.29 is 9.84 Å². The van der Waals surface area contributed by atoms with Gasteiger partial charge in [-0.25, -0.2) is 0 Å². The van der Waals surface area contributed by atoms with E-state index in [4.69, 9.17) is 4.74 Å². The monoisotopic (exact) mass is 212 g/mol. The number of aliphatic hydroxyl groups excluding tert-OH is 1. The van der Waals surface area contributed by atoms with Crippen molar-refractivity contribution in [1.82, 2.24) is 9.78 Å². The molecule has 1 unspecified atom stereocenters. The SMILES string of the molecule is CCn1nc(C)cc1CC(O)CCOC. The minimum absolute atomic E-state index is 0.341. The number of methoxy groups -OCH3 is 1. The smallest absolute Gasteiger partial charge is 0.0617 e. The third-order valence-electron chi connectivity index (χ3n) is 2.38. The highest BCUT2D eigenvalue weighted by atomic mass is 16.5. The van der Waals surface area contributed by atoms with E-state index >= 15 is 0 Å². The molecule has 0 radical (unpaired) electrons. The summed E-state index contributed by atoms with van der Waals surface area (Å²) < 4.78 is 6.87. The predicted octanol–water partition coefficient (Wildman–Crippen LogP) is 1.15. The van der Waals surface area contributed by atoms with Crippen LogP contribution in [0.1, 0.15) is 24.7 Å². The number of aliphatic hydroxyl groups is 1. The maximum atomic E-state index is 9.74. The van der Waals surface area contributed by atoms with Crippen LogP contribution in [0.3, 0.4) is 0 Å². The molecule has 1 atom stereocenters. The predicted molar refractivity (Wildman–Crippen MR) is 58.8 cm³/mol. The van der Waals surface area contributed by atoms with Gasteiger partial charge in [0, 0.05) is 32.4 Å². The largest absolute Gasteiger partial charge is 0.393 e. The van der Waals surface area contributed by atoms with Crippen molar-refractivity contribution in [3.8, 4) is 0 Å². The lowest BCUT2D eigenvalue weighted by Gasteiger charge is -2.10. The van der Waals surface area contributed by atoms with Crippen LogP contribution in [-0.2, 0) is 17.7 Å². The van der Waals surface area contributed by atoms with Gasteiger partial charge in [0.1, 0.15) is 0 Å². The molecule has 1 aromatic rings. The molecule has 1 rings (SSSR count). The minimum Gasteiger partial charge on any atom is -0.393 e. The normalized spacial score (nSPS) is 13.1. The fraction of sp³-hybridized carbons (Fsp3) is 0.727. The van der Waals surface area contributed by atoms with Crippen molar-refractivity contribution in [3.05, 3.63) is 17.5 Å². The van der Waals surface area contributed by atoms with E-state index in [0.717, 1.165) is 17.9 Å². The second kappa shape index (κ2) is 5.88. The molecule has 86 valence electrons. The minimum atomic E-state index is -0.341. The van der Waals surface area contributed by atoms with Crippen LogP contribution in [0.15, 0.2) is 6.07 Å². The standard InChI is InChI=1S/C11H20N2O2/c1-4-13-10(7-9(2)12-13)8-11(14)5-6-15-3/h7,11,14H,4-6,8H2,1-3H3. The second-order valence-electron chi connectivity index (χ2n) is 3.73. The number of hydrogen-bond donors (Lipinski definition) is 1. The van der Waals surface area contributed by atoms with Gasteiger partial charge in [0.25, 0.3) is 0 Å². The van der Waals surface area contributed by atoms with Gasteiger partial charge >= 0.3 is 0 Å². The van der Waals surface area contributed by atoms with Gasteiger partial charge in [-0.3, -0.25) is 4.68 Å². The number of rotatable bonds is 6. The van der Waals surface area contributed by atoms with Crippen molar-refractivity contribution in [2.24, 2.45) is 0 Å². The van der Waals surface area contributed by atoms with Crippen LogP contribution < -0.4 is 0 Å². The molecule has 0 saturated carbocycles. The molecule has 15 heavy (non-hydrogen) atoms. The number of aryl methyl sites for hydroxylation is 2. The first-order chi connectivity index (χ1) is 7.17. The highest BCUT2D eigenvalue weighted by Crippen LogP contribution is 2.08. The van der Waals surface area contributed by atoms with Gasteiger partial charge < -0.3 is 9.84 Å². The fourth-order valence-electron chi connectivity index (χ4n) is 1.63. The molecule has 0 aliphatic heterocycles. The molecule has 0 saturated heterocycles. The summed E-state index contributed by atoms with van der Waals surface area (Å²) in [4.78, 5) is 0. The Hall–Kier alpha value is -0.870. The van der Waals surface area contributed by atoms with Crippen molar-refractivity contribution in [2.75, 3.05) is 13.7 Å². The number of hydrogen-bond acceptors (Lipinski definition) is 3. The molecule has 0 aliphatic rings. The van der Waals surface area contributed by atoms with Gasteiger partial charge in [-0.2, -0.15) is 5.10 Å². The Morgan fingerprint density at radius 3 is 2.93 bits per heavy atom. The lowest BCUT2D eigenvalue weighted by molar-refractivity contribution is 0.109. The Morgan fingerprint density at radius 1 is 1.60 bits per heavy atom. The summed E-state index contributed by atoms with van der Waals surface area (Å²) in [5.74, 6) is 0. The van der Waals surface area contributed by atoms with Crippen molar-refractivity contribution in [2.45, 2.75) is 39.3 Å². The fourth-order valence-corrected chi connectivity index (χ4v) is 1.63. The third kappa shape index (κ3) is 3.64. The summed E-state index contributed by atoms with van der Waals surface area (Å²) in [5, 5.41) is 14.1. The number of ether oxygens (including phenoxy) is 1. The van der Waals surface area contributed by atoms with E-state index in [9.17, 15) is 5.11 Å². The topological polar surface area (TPSA) is 47.3 Å². The Labute approximate surface area is 90.9 Å². The van der Waals surface area contributed by atoms with Crippen LogP contribution in [0, 0.1) is 6.92 Å². The molecule has 0 fully saturated rings. The second-order valence-corrected chi connectivity index (χ2v) is 3.73. The average Bonchev–Trinajstić information content (AvgIpc) is 2.55. The van der Waals surface area contributed by atoms with E-state index in [1.165, 1.54) is 0 Å². The van der Waals surface area contributed by atoms with Crippen molar-refractivity contribution in [1.29, 1.82) is 0 Å².